The van der Waals surface area contributed by atoms with E-state index >= 15 is 0 Å². The topological polar surface area (TPSA) is 71.5 Å². The number of nitrogens with one attached hydrogen (secondary N) is 1. The monoisotopic (exact) mass is 357 g/mol. The van der Waals surface area contributed by atoms with Crippen molar-refractivity contribution < 1.29 is 14.6 Å². The maximum atomic E-state index is 11.2. The lowest BCUT2D eigenvalue weighted by molar-refractivity contribution is 0.322. The number of hydrogen-bond acceptors (Lipinski definition) is 5. The summed E-state index contributed by atoms with van der Waals surface area (Å²) < 4.78 is 10.9. The molecule has 0 aliphatic carbocycles. The average molecular weight is 357 g/mol. The van der Waals surface area contributed by atoms with Crippen LogP contribution in [0.3, 0.4) is 0 Å². The number of H-pyrrole nitrogens is 1. The smallest absolute Gasteiger partial charge is 0.307 e. The predicted octanol–water partition coefficient (Wildman–Crippen LogP) is 3.36. The van der Waals surface area contributed by atoms with Gasteiger partial charge in [0.1, 0.15) is 11.5 Å². The van der Waals surface area contributed by atoms with E-state index < -0.39 is 0 Å². The van der Waals surface area contributed by atoms with Crippen LogP contribution in [-0.2, 0) is 12.8 Å². The number of thiazole rings is 1. The van der Waals surface area contributed by atoms with Gasteiger partial charge in [0.05, 0.1) is 18.6 Å². The molecule has 3 aromatic rings. The number of aromatic hydroxyl groups is 1. The molecule has 5 nitrogen and oxygen atoms in total. The summed E-state index contributed by atoms with van der Waals surface area (Å²) in [6, 6.07) is 15.6. The lowest BCUT2D eigenvalue weighted by Gasteiger charge is -2.08. The van der Waals surface area contributed by atoms with E-state index in [1.165, 1.54) is 5.56 Å². The first kappa shape index (κ1) is 17.1. The van der Waals surface area contributed by atoms with E-state index in [1.807, 2.05) is 48.5 Å². The molecule has 0 bridgehead atoms. The number of hydrogen-bond donors (Lipinski definition) is 2. The largest absolute Gasteiger partial charge is 0.497 e. The Labute approximate surface area is 149 Å². The molecule has 0 fully saturated rings. The molecule has 0 aliphatic heterocycles. The van der Waals surface area contributed by atoms with Crippen LogP contribution in [0.2, 0.25) is 0 Å². The summed E-state index contributed by atoms with van der Waals surface area (Å²) in [5.41, 5.74) is 2.20. The second-order valence-electron chi connectivity index (χ2n) is 5.55. The van der Waals surface area contributed by atoms with E-state index in [0.717, 1.165) is 34.8 Å². The Morgan fingerprint density at radius 2 is 1.64 bits per heavy atom. The van der Waals surface area contributed by atoms with Crippen molar-refractivity contribution in [3.8, 4) is 17.4 Å². The highest BCUT2D eigenvalue weighted by molar-refractivity contribution is 7.09. The fourth-order valence-corrected chi connectivity index (χ4v) is 3.20. The molecular weight excluding hydrogens is 338 g/mol. The highest BCUT2D eigenvalue weighted by Gasteiger charge is 2.07. The Balaban J connectivity index is 1.52. The van der Waals surface area contributed by atoms with Crippen molar-refractivity contribution >= 4 is 11.3 Å². The summed E-state index contributed by atoms with van der Waals surface area (Å²) in [5, 5.41) is 9.63. The van der Waals surface area contributed by atoms with Crippen LogP contribution in [0.25, 0.3) is 0 Å². The minimum Gasteiger partial charge on any atom is -0.497 e. The van der Waals surface area contributed by atoms with Gasteiger partial charge in [0.25, 0.3) is 0 Å². The third-order valence-corrected chi connectivity index (χ3v) is 4.68. The van der Waals surface area contributed by atoms with Crippen LogP contribution in [0.15, 0.2) is 53.3 Å². The summed E-state index contributed by atoms with van der Waals surface area (Å²) in [6.07, 6.45) is 1.33. The van der Waals surface area contributed by atoms with Crippen molar-refractivity contribution in [3.05, 3.63) is 74.2 Å². The van der Waals surface area contributed by atoms with Crippen LogP contribution in [-0.4, -0.2) is 23.8 Å². The zero-order chi connectivity index (χ0) is 17.6. The van der Waals surface area contributed by atoms with E-state index in [0.29, 0.717) is 17.9 Å². The first-order chi connectivity index (χ1) is 12.1. The first-order valence-corrected chi connectivity index (χ1v) is 8.71. The Kier molecular flexibility index (Phi) is 5.40. The highest BCUT2D eigenvalue weighted by Crippen LogP contribution is 2.22. The number of aromatic amines is 1. The number of aromatic nitrogens is 1. The van der Waals surface area contributed by atoms with Crippen molar-refractivity contribution in [3.63, 3.8) is 0 Å². The SMILES string of the molecule is COc1ccc(CCOc2ccc(Cc3sc(=O)[nH]c3O)cc2)cc1. The molecule has 130 valence electrons. The molecule has 0 atom stereocenters. The average Bonchev–Trinajstić information content (AvgIpc) is 2.94. The second-order valence-corrected chi connectivity index (χ2v) is 6.62. The summed E-state index contributed by atoms with van der Waals surface area (Å²) in [7, 11) is 1.65. The molecule has 0 spiro atoms. The molecule has 25 heavy (non-hydrogen) atoms. The Morgan fingerprint density at radius 3 is 2.24 bits per heavy atom. The van der Waals surface area contributed by atoms with Crippen molar-refractivity contribution in [2.24, 2.45) is 0 Å². The van der Waals surface area contributed by atoms with Gasteiger partial charge in [0, 0.05) is 12.8 Å². The van der Waals surface area contributed by atoms with Gasteiger partial charge in [-0.1, -0.05) is 35.6 Å². The van der Waals surface area contributed by atoms with Crippen molar-refractivity contribution in [1.82, 2.24) is 4.98 Å². The molecule has 6 heteroatoms. The van der Waals surface area contributed by atoms with Crippen LogP contribution < -0.4 is 14.3 Å². The van der Waals surface area contributed by atoms with Gasteiger partial charge in [-0.3, -0.25) is 9.78 Å². The Bertz CT molecular complexity index is 866. The van der Waals surface area contributed by atoms with Crippen LogP contribution in [0.1, 0.15) is 16.0 Å². The molecule has 0 radical (unpaired) electrons. The third kappa shape index (κ3) is 4.64. The van der Waals surface area contributed by atoms with Crippen molar-refractivity contribution in [1.29, 1.82) is 0 Å². The van der Waals surface area contributed by atoms with Gasteiger partial charge < -0.3 is 14.6 Å². The van der Waals surface area contributed by atoms with E-state index in [9.17, 15) is 9.90 Å². The van der Waals surface area contributed by atoms with Gasteiger partial charge in [-0.25, -0.2) is 0 Å². The quantitative estimate of drug-likeness (QED) is 0.680. The van der Waals surface area contributed by atoms with Gasteiger partial charge in [0.15, 0.2) is 0 Å². The minimum absolute atomic E-state index is 0.0465. The van der Waals surface area contributed by atoms with Crippen LogP contribution in [0, 0.1) is 0 Å². The highest BCUT2D eigenvalue weighted by atomic mass is 32.1. The molecule has 2 aromatic carbocycles. The first-order valence-electron chi connectivity index (χ1n) is 7.89. The van der Waals surface area contributed by atoms with Crippen LogP contribution >= 0.6 is 11.3 Å². The molecule has 0 saturated heterocycles. The zero-order valence-corrected chi connectivity index (χ0v) is 14.6. The van der Waals surface area contributed by atoms with Gasteiger partial charge in [0.2, 0.25) is 5.88 Å². The molecule has 0 unspecified atom stereocenters. The normalized spacial score (nSPS) is 10.6. The van der Waals surface area contributed by atoms with Gasteiger partial charge in [-0.2, -0.15) is 0 Å². The molecule has 1 aromatic heterocycles. The standard InChI is InChI=1S/C19H19NO4S/c1-23-15-6-2-13(3-7-15)10-11-24-16-8-4-14(5-9-16)12-17-18(21)20-19(22)25-17/h2-9,21H,10-12H2,1H3,(H,20,22). The maximum Gasteiger partial charge on any atom is 0.307 e. The number of ether oxygens (including phenoxy) is 2. The maximum absolute atomic E-state index is 11.2. The van der Waals surface area contributed by atoms with Gasteiger partial charge in [-0.05, 0) is 35.4 Å². The number of rotatable bonds is 7. The van der Waals surface area contributed by atoms with Crippen LogP contribution in [0.4, 0.5) is 0 Å². The minimum atomic E-state index is -0.244. The van der Waals surface area contributed by atoms with E-state index in [-0.39, 0.29) is 10.8 Å². The summed E-state index contributed by atoms with van der Waals surface area (Å²) >= 11 is 1.03. The molecule has 2 N–H and O–H groups in total. The molecule has 0 aliphatic rings. The van der Waals surface area contributed by atoms with Crippen molar-refractivity contribution in [2.75, 3.05) is 13.7 Å². The van der Waals surface area contributed by atoms with Crippen LogP contribution in [0.5, 0.6) is 17.4 Å². The zero-order valence-electron chi connectivity index (χ0n) is 13.8. The van der Waals surface area contributed by atoms with Gasteiger partial charge in [-0.15, -0.1) is 0 Å². The number of benzene rings is 2. The number of methoxy groups -OCH3 is 1. The molecule has 1 heterocycles. The van der Waals surface area contributed by atoms with E-state index in [4.69, 9.17) is 9.47 Å². The molecule has 0 saturated carbocycles. The predicted molar refractivity (Wildman–Crippen MR) is 98.0 cm³/mol. The van der Waals surface area contributed by atoms with Gasteiger partial charge >= 0.3 is 4.87 Å². The molecule has 0 amide bonds. The fourth-order valence-electron chi connectivity index (χ4n) is 2.44. The summed E-state index contributed by atoms with van der Waals surface area (Å²) in [4.78, 5) is 14.0. The van der Waals surface area contributed by atoms with E-state index in [1.54, 1.807) is 7.11 Å². The lowest BCUT2D eigenvalue weighted by Crippen LogP contribution is -2.01. The second kappa shape index (κ2) is 7.90. The molecular formula is C19H19NO4S. The Morgan fingerprint density at radius 1 is 1.00 bits per heavy atom. The fraction of sp³-hybridized carbons (Fsp3) is 0.211. The summed E-state index contributed by atoms with van der Waals surface area (Å²) in [5.74, 6) is 1.59. The molecule has 3 rings (SSSR count). The van der Waals surface area contributed by atoms with E-state index in [2.05, 4.69) is 4.98 Å². The lowest BCUT2D eigenvalue weighted by atomic mass is 10.1. The Hall–Kier alpha value is -2.73. The van der Waals surface area contributed by atoms with Crippen molar-refractivity contribution in [2.45, 2.75) is 12.8 Å². The summed E-state index contributed by atoms with van der Waals surface area (Å²) in [6.45, 7) is 0.589. The third-order valence-electron chi connectivity index (χ3n) is 3.81.